The standard InChI is InChI=1S/C14H21N3O/c1-11(10-17(2)3)16-14(18)8-7-12-5-4-6-13(15)9-12/h4-9,11H,10,15H2,1-3H3,(H,16,18)/b8-7+. The average molecular weight is 247 g/mol. The number of hydrogen-bond acceptors (Lipinski definition) is 3. The van der Waals surface area contributed by atoms with Crippen molar-refractivity contribution in [2.45, 2.75) is 13.0 Å². The van der Waals surface area contributed by atoms with Crippen LogP contribution in [-0.4, -0.2) is 37.5 Å². The van der Waals surface area contributed by atoms with E-state index in [1.54, 1.807) is 6.08 Å². The zero-order valence-corrected chi connectivity index (χ0v) is 11.2. The van der Waals surface area contributed by atoms with Crippen LogP contribution in [0.5, 0.6) is 0 Å². The van der Waals surface area contributed by atoms with Gasteiger partial charge in [-0.2, -0.15) is 0 Å². The van der Waals surface area contributed by atoms with E-state index in [0.717, 1.165) is 12.1 Å². The van der Waals surface area contributed by atoms with Crippen LogP contribution in [0.3, 0.4) is 0 Å². The number of likely N-dealkylation sites (N-methyl/N-ethyl adjacent to an activating group) is 1. The summed E-state index contributed by atoms with van der Waals surface area (Å²) in [6.07, 6.45) is 3.29. The number of rotatable bonds is 5. The summed E-state index contributed by atoms with van der Waals surface area (Å²) in [6, 6.07) is 7.53. The maximum absolute atomic E-state index is 11.6. The second-order valence-corrected chi connectivity index (χ2v) is 4.68. The third kappa shape index (κ3) is 5.50. The monoisotopic (exact) mass is 247 g/mol. The van der Waals surface area contributed by atoms with Crippen LogP contribution in [0, 0.1) is 0 Å². The Kier molecular flexibility index (Phi) is 5.39. The Balaban J connectivity index is 2.49. The zero-order chi connectivity index (χ0) is 13.5. The molecule has 3 N–H and O–H groups in total. The van der Waals surface area contributed by atoms with Crippen molar-refractivity contribution in [3.8, 4) is 0 Å². The average Bonchev–Trinajstić information content (AvgIpc) is 2.25. The normalized spacial score (nSPS) is 12.9. The summed E-state index contributed by atoms with van der Waals surface area (Å²) in [6.45, 7) is 2.80. The Morgan fingerprint density at radius 1 is 1.50 bits per heavy atom. The van der Waals surface area contributed by atoms with Crippen LogP contribution in [-0.2, 0) is 4.79 Å². The van der Waals surface area contributed by atoms with Gasteiger partial charge in [-0.1, -0.05) is 12.1 Å². The number of carbonyl (C=O) groups is 1. The van der Waals surface area contributed by atoms with Gasteiger partial charge in [0.1, 0.15) is 0 Å². The Morgan fingerprint density at radius 2 is 2.22 bits per heavy atom. The minimum absolute atomic E-state index is 0.0909. The van der Waals surface area contributed by atoms with E-state index in [1.807, 2.05) is 50.2 Å². The van der Waals surface area contributed by atoms with Crippen molar-refractivity contribution in [2.75, 3.05) is 26.4 Å². The predicted octanol–water partition coefficient (Wildman–Crippen LogP) is 1.35. The number of nitrogens with zero attached hydrogens (tertiary/aromatic N) is 1. The molecule has 0 fully saturated rings. The smallest absolute Gasteiger partial charge is 0.244 e. The molecule has 0 radical (unpaired) electrons. The number of benzene rings is 1. The predicted molar refractivity (Wildman–Crippen MR) is 76.0 cm³/mol. The molecule has 0 bridgehead atoms. The molecule has 98 valence electrons. The Labute approximate surface area is 108 Å². The van der Waals surface area contributed by atoms with E-state index in [0.29, 0.717) is 5.69 Å². The minimum Gasteiger partial charge on any atom is -0.399 e. The third-order valence-corrected chi connectivity index (χ3v) is 2.37. The van der Waals surface area contributed by atoms with Gasteiger partial charge in [0.05, 0.1) is 0 Å². The molecule has 0 spiro atoms. The zero-order valence-electron chi connectivity index (χ0n) is 11.2. The number of amides is 1. The second-order valence-electron chi connectivity index (χ2n) is 4.68. The van der Waals surface area contributed by atoms with Crippen LogP contribution in [0.4, 0.5) is 5.69 Å². The highest BCUT2D eigenvalue weighted by atomic mass is 16.1. The molecule has 1 aromatic carbocycles. The summed E-state index contributed by atoms with van der Waals surface area (Å²) >= 11 is 0. The van der Waals surface area contributed by atoms with Gasteiger partial charge in [-0.25, -0.2) is 0 Å². The molecule has 0 aliphatic heterocycles. The fraction of sp³-hybridized carbons (Fsp3) is 0.357. The summed E-state index contributed by atoms with van der Waals surface area (Å²) in [5.41, 5.74) is 7.28. The number of nitrogen functional groups attached to an aromatic ring is 1. The Hall–Kier alpha value is -1.81. The van der Waals surface area contributed by atoms with Crippen LogP contribution in [0.1, 0.15) is 12.5 Å². The molecule has 0 saturated carbocycles. The number of carbonyl (C=O) groups excluding carboxylic acids is 1. The van der Waals surface area contributed by atoms with Gasteiger partial charge in [-0.05, 0) is 44.8 Å². The molecule has 1 rings (SSSR count). The lowest BCUT2D eigenvalue weighted by atomic mass is 10.2. The van der Waals surface area contributed by atoms with E-state index in [2.05, 4.69) is 5.32 Å². The highest BCUT2D eigenvalue weighted by molar-refractivity contribution is 5.92. The maximum Gasteiger partial charge on any atom is 0.244 e. The topological polar surface area (TPSA) is 58.4 Å². The SMILES string of the molecule is CC(CN(C)C)NC(=O)/C=C/c1cccc(N)c1. The molecule has 0 aromatic heterocycles. The lowest BCUT2D eigenvalue weighted by molar-refractivity contribution is -0.117. The summed E-state index contributed by atoms with van der Waals surface area (Å²) in [5, 5.41) is 2.90. The number of nitrogens with one attached hydrogen (secondary N) is 1. The van der Waals surface area contributed by atoms with Gasteiger partial charge in [-0.3, -0.25) is 4.79 Å². The lowest BCUT2D eigenvalue weighted by Crippen LogP contribution is -2.38. The van der Waals surface area contributed by atoms with Crippen LogP contribution in [0.25, 0.3) is 6.08 Å². The first kappa shape index (κ1) is 14.3. The van der Waals surface area contributed by atoms with E-state index in [-0.39, 0.29) is 11.9 Å². The van der Waals surface area contributed by atoms with Crippen LogP contribution in [0.2, 0.25) is 0 Å². The molecule has 0 aliphatic carbocycles. The molecule has 1 unspecified atom stereocenters. The quantitative estimate of drug-likeness (QED) is 0.610. The van der Waals surface area contributed by atoms with Crippen molar-refractivity contribution in [2.24, 2.45) is 0 Å². The molecule has 18 heavy (non-hydrogen) atoms. The number of nitrogens with two attached hydrogens (primary N) is 1. The summed E-state index contributed by atoms with van der Waals surface area (Å²) in [4.78, 5) is 13.7. The number of anilines is 1. The van der Waals surface area contributed by atoms with E-state index >= 15 is 0 Å². The lowest BCUT2D eigenvalue weighted by Gasteiger charge is -2.17. The van der Waals surface area contributed by atoms with E-state index < -0.39 is 0 Å². The van der Waals surface area contributed by atoms with Crippen molar-refractivity contribution in [1.29, 1.82) is 0 Å². The van der Waals surface area contributed by atoms with Crippen molar-refractivity contribution in [3.63, 3.8) is 0 Å². The summed E-state index contributed by atoms with van der Waals surface area (Å²) < 4.78 is 0. The van der Waals surface area contributed by atoms with Gasteiger partial charge in [-0.15, -0.1) is 0 Å². The van der Waals surface area contributed by atoms with Gasteiger partial charge < -0.3 is 16.0 Å². The van der Waals surface area contributed by atoms with Gasteiger partial charge >= 0.3 is 0 Å². The Morgan fingerprint density at radius 3 is 2.83 bits per heavy atom. The molecule has 0 aliphatic rings. The molecule has 1 amide bonds. The van der Waals surface area contributed by atoms with Gasteiger partial charge in [0.25, 0.3) is 0 Å². The van der Waals surface area contributed by atoms with Crippen LogP contribution < -0.4 is 11.1 Å². The molecule has 0 heterocycles. The first-order valence-electron chi connectivity index (χ1n) is 5.96. The van der Waals surface area contributed by atoms with E-state index in [4.69, 9.17) is 5.73 Å². The molecular weight excluding hydrogens is 226 g/mol. The van der Waals surface area contributed by atoms with Crippen molar-refractivity contribution in [3.05, 3.63) is 35.9 Å². The highest BCUT2D eigenvalue weighted by Crippen LogP contribution is 2.07. The second kappa shape index (κ2) is 6.81. The summed E-state index contributed by atoms with van der Waals surface area (Å²) in [7, 11) is 3.95. The molecule has 0 saturated heterocycles. The fourth-order valence-corrected chi connectivity index (χ4v) is 1.72. The molecule has 4 nitrogen and oxygen atoms in total. The molecular formula is C14H21N3O. The fourth-order valence-electron chi connectivity index (χ4n) is 1.72. The third-order valence-electron chi connectivity index (χ3n) is 2.37. The highest BCUT2D eigenvalue weighted by Gasteiger charge is 2.05. The van der Waals surface area contributed by atoms with Crippen LogP contribution in [0.15, 0.2) is 30.3 Å². The summed E-state index contributed by atoms with van der Waals surface area (Å²) in [5.74, 6) is -0.0909. The van der Waals surface area contributed by atoms with Gasteiger partial charge in [0.2, 0.25) is 5.91 Å². The van der Waals surface area contributed by atoms with Crippen molar-refractivity contribution < 1.29 is 4.79 Å². The maximum atomic E-state index is 11.6. The van der Waals surface area contributed by atoms with E-state index in [9.17, 15) is 4.79 Å². The van der Waals surface area contributed by atoms with Crippen molar-refractivity contribution in [1.82, 2.24) is 10.2 Å². The van der Waals surface area contributed by atoms with E-state index in [1.165, 1.54) is 6.08 Å². The Bertz CT molecular complexity index is 427. The van der Waals surface area contributed by atoms with Gasteiger partial charge in [0, 0.05) is 24.4 Å². The van der Waals surface area contributed by atoms with Crippen molar-refractivity contribution >= 4 is 17.7 Å². The minimum atomic E-state index is -0.0909. The molecule has 1 atom stereocenters. The molecule has 4 heteroatoms. The molecule has 1 aromatic rings. The largest absolute Gasteiger partial charge is 0.399 e. The first-order chi connectivity index (χ1) is 8.47. The van der Waals surface area contributed by atoms with Gasteiger partial charge in [0.15, 0.2) is 0 Å². The first-order valence-corrected chi connectivity index (χ1v) is 5.96. The van der Waals surface area contributed by atoms with Crippen LogP contribution >= 0.6 is 0 Å². The number of hydrogen-bond donors (Lipinski definition) is 2.